The fraction of sp³-hybridized carbons (Fsp3) is 0.615. The molecule has 0 amide bonds. The monoisotopic (exact) mass is 412 g/mol. The van der Waals surface area contributed by atoms with Gasteiger partial charge in [-0.05, 0) is 68.6 Å². The van der Waals surface area contributed by atoms with Crippen LogP contribution in [0.2, 0.25) is 0 Å². The average Bonchev–Trinajstić information content (AvgIpc) is 2.63. The summed E-state index contributed by atoms with van der Waals surface area (Å²) in [6.45, 7) is 9.13. The van der Waals surface area contributed by atoms with Crippen molar-refractivity contribution >= 4 is 23.1 Å². The maximum absolute atomic E-state index is 13.0. The van der Waals surface area contributed by atoms with Gasteiger partial charge in [-0.15, -0.1) is 0 Å². The van der Waals surface area contributed by atoms with Crippen LogP contribution in [0, 0.1) is 24.7 Å². The summed E-state index contributed by atoms with van der Waals surface area (Å²) in [6, 6.07) is 4.00. The quantitative estimate of drug-likeness (QED) is 0.465. The molecule has 3 unspecified atom stereocenters. The molecule has 1 aromatic rings. The SMILES string of the molecule is CCCC(CC1CC(=O)c2c(ccc(CC(C)=O)c2C)C1)C(CC)C(=O)CC(C)=O. The zero-order valence-corrected chi connectivity index (χ0v) is 19.2. The van der Waals surface area contributed by atoms with Crippen molar-refractivity contribution in [3.05, 3.63) is 34.4 Å². The highest BCUT2D eigenvalue weighted by Gasteiger charge is 2.33. The van der Waals surface area contributed by atoms with Crippen LogP contribution in [0.3, 0.4) is 0 Å². The Morgan fingerprint density at radius 3 is 2.33 bits per heavy atom. The Morgan fingerprint density at radius 2 is 1.77 bits per heavy atom. The minimum atomic E-state index is -0.106. The summed E-state index contributed by atoms with van der Waals surface area (Å²) in [7, 11) is 0. The Labute approximate surface area is 180 Å². The van der Waals surface area contributed by atoms with Crippen LogP contribution in [0.25, 0.3) is 0 Å². The number of ketones is 4. The summed E-state index contributed by atoms with van der Waals surface area (Å²) in [5.41, 5.74) is 3.76. The first kappa shape index (κ1) is 24.2. The lowest BCUT2D eigenvalue weighted by Crippen LogP contribution is -2.30. The Kier molecular flexibility index (Phi) is 8.69. The lowest BCUT2D eigenvalue weighted by Gasteiger charge is -2.32. The summed E-state index contributed by atoms with van der Waals surface area (Å²) in [6.07, 6.45) is 5.22. The molecule has 1 aliphatic carbocycles. The number of hydrogen-bond donors (Lipinski definition) is 0. The zero-order chi connectivity index (χ0) is 22.4. The standard InChI is InChI=1S/C26H36O4/c1-6-8-21(23(7-2)24(29)12-17(4)28)13-19-14-22-10-9-20(11-16(3)27)18(5)26(22)25(30)15-19/h9-10,19,21,23H,6-8,11-15H2,1-5H3. The van der Waals surface area contributed by atoms with E-state index in [2.05, 4.69) is 6.92 Å². The molecule has 164 valence electrons. The van der Waals surface area contributed by atoms with E-state index in [1.165, 1.54) is 6.92 Å². The molecule has 4 heteroatoms. The fourth-order valence-corrected chi connectivity index (χ4v) is 5.23. The highest BCUT2D eigenvalue weighted by atomic mass is 16.1. The molecule has 0 aromatic heterocycles. The van der Waals surface area contributed by atoms with Crippen molar-refractivity contribution in [3.8, 4) is 0 Å². The molecule has 0 fully saturated rings. The molecule has 2 rings (SSSR count). The molecule has 0 radical (unpaired) electrons. The van der Waals surface area contributed by atoms with Crippen molar-refractivity contribution < 1.29 is 19.2 Å². The predicted octanol–water partition coefficient (Wildman–Crippen LogP) is 5.25. The van der Waals surface area contributed by atoms with Gasteiger partial charge < -0.3 is 0 Å². The van der Waals surface area contributed by atoms with Crippen molar-refractivity contribution in [3.63, 3.8) is 0 Å². The normalized spacial score (nSPS) is 17.9. The van der Waals surface area contributed by atoms with Gasteiger partial charge in [-0.25, -0.2) is 0 Å². The fourth-order valence-electron chi connectivity index (χ4n) is 5.23. The highest BCUT2D eigenvalue weighted by molar-refractivity contribution is 6.01. The van der Waals surface area contributed by atoms with E-state index in [0.717, 1.165) is 54.4 Å². The van der Waals surface area contributed by atoms with Crippen molar-refractivity contribution in [1.29, 1.82) is 0 Å². The van der Waals surface area contributed by atoms with Crippen LogP contribution in [0.4, 0.5) is 0 Å². The summed E-state index contributed by atoms with van der Waals surface area (Å²) < 4.78 is 0. The molecule has 0 heterocycles. The number of carbonyl (C=O) groups is 4. The molecule has 0 spiro atoms. The van der Waals surface area contributed by atoms with Crippen molar-refractivity contribution in [2.75, 3.05) is 0 Å². The van der Waals surface area contributed by atoms with Gasteiger partial charge in [0, 0.05) is 24.3 Å². The number of fused-ring (bicyclic) bond motifs is 1. The third kappa shape index (κ3) is 5.96. The largest absolute Gasteiger partial charge is 0.300 e. The minimum Gasteiger partial charge on any atom is -0.300 e. The van der Waals surface area contributed by atoms with Crippen molar-refractivity contribution in [1.82, 2.24) is 0 Å². The van der Waals surface area contributed by atoms with Gasteiger partial charge in [-0.3, -0.25) is 19.2 Å². The number of rotatable bonds is 11. The first-order valence-corrected chi connectivity index (χ1v) is 11.3. The number of carbonyl (C=O) groups excluding carboxylic acids is 4. The lowest BCUT2D eigenvalue weighted by atomic mass is 9.72. The third-order valence-electron chi connectivity index (χ3n) is 6.51. The summed E-state index contributed by atoms with van der Waals surface area (Å²) in [4.78, 5) is 48.7. The van der Waals surface area contributed by atoms with Gasteiger partial charge in [-0.2, -0.15) is 0 Å². The van der Waals surface area contributed by atoms with Crippen LogP contribution in [-0.2, 0) is 27.2 Å². The lowest BCUT2D eigenvalue weighted by molar-refractivity contribution is -0.130. The van der Waals surface area contributed by atoms with Crippen LogP contribution in [-0.4, -0.2) is 23.1 Å². The molecule has 4 nitrogen and oxygen atoms in total. The second kappa shape index (κ2) is 10.8. The van der Waals surface area contributed by atoms with E-state index < -0.39 is 0 Å². The van der Waals surface area contributed by atoms with Crippen LogP contribution in [0.1, 0.15) is 93.3 Å². The van der Waals surface area contributed by atoms with Crippen molar-refractivity contribution in [2.45, 2.75) is 86.0 Å². The number of Topliss-reactive ketones (excluding diaryl/α,β-unsaturated/α-hetero) is 4. The molecule has 0 saturated carbocycles. The second-order valence-corrected chi connectivity index (χ2v) is 9.10. The first-order valence-electron chi connectivity index (χ1n) is 11.3. The third-order valence-corrected chi connectivity index (χ3v) is 6.51. The van der Waals surface area contributed by atoms with Gasteiger partial charge in [0.1, 0.15) is 17.3 Å². The Morgan fingerprint density at radius 1 is 1.07 bits per heavy atom. The molecular weight excluding hydrogens is 376 g/mol. The summed E-state index contributed by atoms with van der Waals surface area (Å²) >= 11 is 0. The highest BCUT2D eigenvalue weighted by Crippen LogP contribution is 2.37. The Hall–Kier alpha value is -2.10. The summed E-state index contributed by atoms with van der Waals surface area (Å²) in [5, 5.41) is 0. The maximum atomic E-state index is 13.0. The Balaban J connectivity index is 2.21. The average molecular weight is 413 g/mol. The number of benzene rings is 1. The van der Waals surface area contributed by atoms with E-state index >= 15 is 0 Å². The minimum absolute atomic E-state index is 0.0171. The predicted molar refractivity (Wildman–Crippen MR) is 119 cm³/mol. The van der Waals surface area contributed by atoms with Crippen LogP contribution >= 0.6 is 0 Å². The van der Waals surface area contributed by atoms with E-state index in [0.29, 0.717) is 12.8 Å². The van der Waals surface area contributed by atoms with Gasteiger partial charge in [0.2, 0.25) is 0 Å². The molecular formula is C26H36O4. The van der Waals surface area contributed by atoms with E-state index in [1.807, 2.05) is 26.0 Å². The van der Waals surface area contributed by atoms with E-state index in [1.54, 1.807) is 6.92 Å². The van der Waals surface area contributed by atoms with Crippen molar-refractivity contribution in [2.24, 2.45) is 17.8 Å². The molecule has 30 heavy (non-hydrogen) atoms. The smallest absolute Gasteiger partial charge is 0.163 e. The van der Waals surface area contributed by atoms with E-state index in [9.17, 15) is 19.2 Å². The van der Waals surface area contributed by atoms with Gasteiger partial charge in [-0.1, -0.05) is 38.8 Å². The van der Waals surface area contributed by atoms with Gasteiger partial charge >= 0.3 is 0 Å². The molecule has 1 aliphatic rings. The molecule has 0 saturated heterocycles. The van der Waals surface area contributed by atoms with E-state index in [4.69, 9.17) is 0 Å². The molecule has 0 aliphatic heterocycles. The topological polar surface area (TPSA) is 68.3 Å². The Bertz CT molecular complexity index is 821. The summed E-state index contributed by atoms with van der Waals surface area (Å²) in [5.74, 6) is 0.557. The van der Waals surface area contributed by atoms with Crippen LogP contribution in [0.5, 0.6) is 0 Å². The van der Waals surface area contributed by atoms with Gasteiger partial charge in [0.15, 0.2) is 5.78 Å². The molecule has 1 aromatic carbocycles. The zero-order valence-electron chi connectivity index (χ0n) is 19.2. The van der Waals surface area contributed by atoms with Gasteiger partial charge in [0.05, 0.1) is 6.42 Å². The van der Waals surface area contributed by atoms with Crippen LogP contribution in [0.15, 0.2) is 12.1 Å². The maximum Gasteiger partial charge on any atom is 0.163 e. The van der Waals surface area contributed by atoms with Gasteiger partial charge in [0.25, 0.3) is 0 Å². The first-order chi connectivity index (χ1) is 14.2. The van der Waals surface area contributed by atoms with E-state index in [-0.39, 0.29) is 47.3 Å². The molecule has 3 atom stereocenters. The second-order valence-electron chi connectivity index (χ2n) is 9.10. The molecule has 0 bridgehead atoms. The van der Waals surface area contributed by atoms with Crippen LogP contribution < -0.4 is 0 Å². The number of hydrogen-bond acceptors (Lipinski definition) is 4. The molecule has 0 N–H and O–H groups in total.